The Labute approximate surface area is 89.5 Å². The zero-order valence-corrected chi connectivity index (χ0v) is 9.27. The fourth-order valence-corrected chi connectivity index (χ4v) is 1.76. The lowest BCUT2D eigenvalue weighted by Gasteiger charge is -2.22. The average Bonchev–Trinajstić information content (AvgIpc) is 2.67. The van der Waals surface area contributed by atoms with E-state index in [9.17, 15) is 5.11 Å². The quantitative estimate of drug-likeness (QED) is 0.743. The van der Waals surface area contributed by atoms with E-state index in [4.69, 9.17) is 0 Å². The Balaban J connectivity index is 2.12. The zero-order chi connectivity index (χ0) is 10.9. The van der Waals surface area contributed by atoms with E-state index in [1.807, 2.05) is 0 Å². The third-order valence-electron chi connectivity index (χ3n) is 2.73. The highest BCUT2D eigenvalue weighted by molar-refractivity contribution is 5.02. The fourth-order valence-electron chi connectivity index (χ4n) is 1.76. The molecule has 1 aliphatic heterocycles. The lowest BCUT2D eigenvalue weighted by Crippen LogP contribution is -2.33. The summed E-state index contributed by atoms with van der Waals surface area (Å²) in [4.78, 5) is 1.72. The molecule has 0 radical (unpaired) electrons. The lowest BCUT2D eigenvalue weighted by atomic mass is 10.1. The van der Waals surface area contributed by atoms with Gasteiger partial charge in [-0.1, -0.05) is 0 Å². The van der Waals surface area contributed by atoms with Gasteiger partial charge in [0.2, 0.25) is 0 Å². The van der Waals surface area contributed by atoms with Crippen LogP contribution in [0, 0.1) is 0 Å². The molecule has 15 heavy (non-hydrogen) atoms. The summed E-state index contributed by atoms with van der Waals surface area (Å²) >= 11 is 0. The molecule has 1 fully saturated rings. The van der Waals surface area contributed by atoms with Crippen LogP contribution in [0.3, 0.4) is 0 Å². The van der Waals surface area contributed by atoms with E-state index in [0.29, 0.717) is 11.7 Å². The number of piperidine rings is 1. The third-order valence-corrected chi connectivity index (χ3v) is 2.73. The van der Waals surface area contributed by atoms with Gasteiger partial charge in [0.05, 0.1) is 12.2 Å². The second kappa shape index (κ2) is 3.90. The van der Waals surface area contributed by atoms with Gasteiger partial charge in [0.25, 0.3) is 0 Å². The molecule has 5 nitrogen and oxygen atoms in total. The number of aliphatic hydroxyl groups is 1. The van der Waals surface area contributed by atoms with E-state index < -0.39 is 5.60 Å². The van der Waals surface area contributed by atoms with Crippen LogP contribution in [0.2, 0.25) is 0 Å². The summed E-state index contributed by atoms with van der Waals surface area (Å²) in [5, 5.41) is 21.6. The van der Waals surface area contributed by atoms with Crippen LogP contribution in [-0.2, 0) is 5.60 Å². The van der Waals surface area contributed by atoms with Gasteiger partial charge in [-0.2, -0.15) is 15.0 Å². The standard InChI is InChI=1S/C10H18N4O/c1-10(2,15)9-7-12-14(13-9)8-4-3-5-11-6-8/h7-8,11,15H,3-6H2,1-2H3/t8-/m1/s1. The Bertz CT molecular complexity index is 322. The highest BCUT2D eigenvalue weighted by Crippen LogP contribution is 2.19. The Morgan fingerprint density at radius 2 is 2.40 bits per heavy atom. The number of hydrogen-bond donors (Lipinski definition) is 2. The van der Waals surface area contributed by atoms with Gasteiger partial charge < -0.3 is 10.4 Å². The van der Waals surface area contributed by atoms with Crippen LogP contribution in [-0.4, -0.2) is 33.2 Å². The molecule has 1 aromatic heterocycles. The van der Waals surface area contributed by atoms with Crippen molar-refractivity contribution >= 4 is 0 Å². The summed E-state index contributed by atoms with van der Waals surface area (Å²) in [5.74, 6) is 0. The molecular formula is C10H18N4O. The Hall–Kier alpha value is -0.940. The first-order valence-corrected chi connectivity index (χ1v) is 5.43. The molecule has 0 spiro atoms. The Morgan fingerprint density at radius 3 is 2.93 bits per heavy atom. The van der Waals surface area contributed by atoms with Gasteiger partial charge in [-0.15, -0.1) is 0 Å². The Kier molecular flexibility index (Phi) is 2.75. The van der Waals surface area contributed by atoms with E-state index in [2.05, 4.69) is 15.5 Å². The lowest BCUT2D eigenvalue weighted by molar-refractivity contribution is 0.0726. The predicted octanol–water partition coefficient (Wildman–Crippen LogP) is 0.430. The van der Waals surface area contributed by atoms with Crippen LogP contribution < -0.4 is 5.32 Å². The first kappa shape index (κ1) is 10.6. The maximum atomic E-state index is 9.77. The minimum absolute atomic E-state index is 0.329. The molecule has 0 aliphatic carbocycles. The minimum Gasteiger partial charge on any atom is -0.384 e. The molecule has 1 saturated heterocycles. The Morgan fingerprint density at radius 1 is 1.60 bits per heavy atom. The van der Waals surface area contributed by atoms with E-state index in [0.717, 1.165) is 25.9 Å². The van der Waals surface area contributed by atoms with Gasteiger partial charge in [-0.25, -0.2) is 0 Å². The van der Waals surface area contributed by atoms with Gasteiger partial charge in [-0.3, -0.25) is 0 Å². The molecule has 1 aliphatic rings. The number of aromatic nitrogens is 3. The van der Waals surface area contributed by atoms with Crippen molar-refractivity contribution in [1.82, 2.24) is 20.3 Å². The van der Waals surface area contributed by atoms with Crippen LogP contribution in [0.1, 0.15) is 38.4 Å². The van der Waals surface area contributed by atoms with Crippen LogP contribution in [0.25, 0.3) is 0 Å². The van der Waals surface area contributed by atoms with E-state index in [-0.39, 0.29) is 0 Å². The molecule has 0 aromatic carbocycles. The summed E-state index contributed by atoms with van der Waals surface area (Å²) in [7, 11) is 0. The third kappa shape index (κ3) is 2.35. The molecule has 1 atom stereocenters. The highest BCUT2D eigenvalue weighted by atomic mass is 16.3. The molecule has 2 N–H and O–H groups in total. The second-order valence-electron chi connectivity index (χ2n) is 4.61. The summed E-state index contributed by atoms with van der Waals surface area (Å²) in [5.41, 5.74) is -0.270. The maximum Gasteiger partial charge on any atom is 0.114 e. The van der Waals surface area contributed by atoms with E-state index in [1.54, 1.807) is 24.8 Å². The molecule has 0 saturated carbocycles. The van der Waals surface area contributed by atoms with Crippen LogP contribution in [0.4, 0.5) is 0 Å². The van der Waals surface area contributed by atoms with Gasteiger partial charge >= 0.3 is 0 Å². The van der Waals surface area contributed by atoms with Gasteiger partial charge in [0.1, 0.15) is 11.3 Å². The molecular weight excluding hydrogens is 192 g/mol. The van der Waals surface area contributed by atoms with Crippen LogP contribution >= 0.6 is 0 Å². The molecule has 0 amide bonds. The van der Waals surface area contributed by atoms with E-state index in [1.165, 1.54) is 0 Å². The summed E-state index contributed by atoms with van der Waals surface area (Å²) in [6.45, 7) is 5.44. The van der Waals surface area contributed by atoms with Crippen LogP contribution in [0.5, 0.6) is 0 Å². The zero-order valence-electron chi connectivity index (χ0n) is 9.27. The topological polar surface area (TPSA) is 63.0 Å². The summed E-state index contributed by atoms with van der Waals surface area (Å²) < 4.78 is 0. The van der Waals surface area contributed by atoms with Gasteiger partial charge in [-0.05, 0) is 33.2 Å². The first-order chi connectivity index (χ1) is 7.07. The summed E-state index contributed by atoms with van der Waals surface area (Å²) in [6.07, 6.45) is 3.91. The van der Waals surface area contributed by atoms with Crippen molar-refractivity contribution in [3.05, 3.63) is 11.9 Å². The SMILES string of the molecule is CC(C)(O)c1cnn([C@@H]2CCCNC2)n1. The molecule has 1 aromatic rings. The average molecular weight is 210 g/mol. The highest BCUT2D eigenvalue weighted by Gasteiger charge is 2.23. The number of hydrogen-bond acceptors (Lipinski definition) is 4. The smallest absolute Gasteiger partial charge is 0.114 e. The largest absolute Gasteiger partial charge is 0.384 e. The van der Waals surface area contributed by atoms with E-state index >= 15 is 0 Å². The number of nitrogens with zero attached hydrogens (tertiary/aromatic N) is 3. The van der Waals surface area contributed by atoms with Gasteiger partial charge in [0.15, 0.2) is 0 Å². The molecule has 2 heterocycles. The maximum absolute atomic E-state index is 9.77. The van der Waals surface area contributed by atoms with Crippen molar-refractivity contribution in [3.8, 4) is 0 Å². The monoisotopic (exact) mass is 210 g/mol. The van der Waals surface area contributed by atoms with Gasteiger partial charge in [0, 0.05) is 6.54 Å². The second-order valence-corrected chi connectivity index (χ2v) is 4.61. The van der Waals surface area contributed by atoms with Crippen molar-refractivity contribution in [3.63, 3.8) is 0 Å². The molecule has 0 unspecified atom stereocenters. The van der Waals surface area contributed by atoms with Crippen molar-refractivity contribution in [2.45, 2.75) is 38.3 Å². The molecule has 2 rings (SSSR count). The minimum atomic E-state index is -0.902. The molecule has 84 valence electrons. The predicted molar refractivity (Wildman–Crippen MR) is 56.4 cm³/mol. The van der Waals surface area contributed by atoms with Crippen LogP contribution in [0.15, 0.2) is 6.20 Å². The fraction of sp³-hybridized carbons (Fsp3) is 0.800. The first-order valence-electron chi connectivity index (χ1n) is 5.43. The normalized spacial score (nSPS) is 23.0. The molecule has 0 bridgehead atoms. The molecule has 5 heteroatoms. The number of nitrogens with one attached hydrogen (secondary N) is 1. The van der Waals surface area contributed by atoms with Crippen molar-refractivity contribution in [1.29, 1.82) is 0 Å². The number of rotatable bonds is 2. The van der Waals surface area contributed by atoms with Crippen molar-refractivity contribution < 1.29 is 5.11 Å². The van der Waals surface area contributed by atoms with Crippen molar-refractivity contribution in [2.24, 2.45) is 0 Å². The summed E-state index contributed by atoms with van der Waals surface area (Å²) in [6, 6.07) is 0.329. The van der Waals surface area contributed by atoms with Crippen molar-refractivity contribution in [2.75, 3.05) is 13.1 Å².